The van der Waals surface area contributed by atoms with Crippen molar-refractivity contribution >= 4 is 35.6 Å². The smallest absolute Gasteiger partial charge is 0.326 e. The van der Waals surface area contributed by atoms with Crippen molar-refractivity contribution in [3.8, 4) is 0 Å². The molecular weight excluding hydrogens is 468 g/mol. The Morgan fingerprint density at radius 2 is 1.46 bits per heavy atom. The average molecular weight is 498 g/mol. The van der Waals surface area contributed by atoms with E-state index in [1.165, 1.54) is 12.5 Å². The molecule has 0 saturated heterocycles. The van der Waals surface area contributed by atoms with Crippen molar-refractivity contribution in [1.82, 2.24) is 25.9 Å². The van der Waals surface area contributed by atoms with Gasteiger partial charge in [-0.25, -0.2) is 9.78 Å². The van der Waals surface area contributed by atoms with Crippen LogP contribution in [-0.4, -0.2) is 85.1 Å². The second kappa shape index (κ2) is 13.6. The molecule has 1 rings (SSSR count). The van der Waals surface area contributed by atoms with E-state index in [1.807, 2.05) is 0 Å². The number of aromatic nitrogens is 2. The van der Waals surface area contributed by atoms with Crippen molar-refractivity contribution in [3.05, 3.63) is 18.2 Å². The summed E-state index contributed by atoms with van der Waals surface area (Å²) in [7, 11) is 0. The molecule has 0 aromatic carbocycles. The van der Waals surface area contributed by atoms with E-state index >= 15 is 0 Å². The van der Waals surface area contributed by atoms with Gasteiger partial charge in [-0.15, -0.1) is 0 Å². The predicted molar refractivity (Wildman–Crippen MR) is 118 cm³/mol. The van der Waals surface area contributed by atoms with Gasteiger partial charge >= 0.3 is 17.9 Å². The van der Waals surface area contributed by atoms with E-state index in [0.29, 0.717) is 12.1 Å². The summed E-state index contributed by atoms with van der Waals surface area (Å²) in [6.07, 6.45) is 1.37. The third-order valence-electron chi connectivity index (χ3n) is 5.13. The van der Waals surface area contributed by atoms with Gasteiger partial charge in [0.25, 0.3) is 0 Å². The Morgan fingerprint density at radius 3 is 1.89 bits per heavy atom. The third kappa shape index (κ3) is 9.79. The molecule has 5 atom stereocenters. The lowest BCUT2D eigenvalue weighted by molar-refractivity contribution is -0.145. The zero-order chi connectivity index (χ0) is 26.7. The van der Waals surface area contributed by atoms with Gasteiger partial charge in [0.1, 0.15) is 18.1 Å². The Hall–Kier alpha value is -4.01. The topological polar surface area (TPSA) is 254 Å². The largest absolute Gasteiger partial charge is 0.481 e. The van der Waals surface area contributed by atoms with Crippen LogP contribution in [0, 0.1) is 5.92 Å². The number of nitrogens with two attached hydrogens (primary N) is 1. The second-order valence-electron chi connectivity index (χ2n) is 7.92. The minimum Gasteiger partial charge on any atom is -0.481 e. The third-order valence-corrected chi connectivity index (χ3v) is 5.13. The number of carboxylic acids is 3. The lowest BCUT2D eigenvalue weighted by atomic mass is 9.98. The van der Waals surface area contributed by atoms with E-state index in [0.717, 1.165) is 0 Å². The highest BCUT2D eigenvalue weighted by atomic mass is 16.4. The molecule has 0 aliphatic rings. The summed E-state index contributed by atoms with van der Waals surface area (Å²) in [5.74, 6) is -7.93. The standard InChI is InChI=1S/C20H30N6O9/c1-3-9(2)16(20(34)35)26-19(33)13(6-15(29)30)25-18(32)12(5-14(27)28)24-17(31)11(21)4-10-7-22-8-23-10/h7-9,11-13,16H,3-6,21H2,1-2H3,(H,22,23)(H,24,31)(H,25,32)(H,26,33)(H,27,28)(H,29,30)(H,34,35). The van der Waals surface area contributed by atoms with Crippen LogP contribution in [0.3, 0.4) is 0 Å². The first-order valence-corrected chi connectivity index (χ1v) is 10.7. The minimum atomic E-state index is -1.74. The fourth-order valence-corrected chi connectivity index (χ4v) is 2.98. The highest BCUT2D eigenvalue weighted by Crippen LogP contribution is 2.09. The zero-order valence-corrected chi connectivity index (χ0v) is 19.2. The predicted octanol–water partition coefficient (Wildman–Crippen LogP) is -2.19. The Morgan fingerprint density at radius 1 is 0.943 bits per heavy atom. The van der Waals surface area contributed by atoms with Crippen LogP contribution in [0.4, 0.5) is 0 Å². The highest BCUT2D eigenvalue weighted by molar-refractivity contribution is 5.96. The van der Waals surface area contributed by atoms with Gasteiger partial charge < -0.3 is 42.0 Å². The van der Waals surface area contributed by atoms with Gasteiger partial charge in [0.15, 0.2) is 0 Å². The molecule has 0 bridgehead atoms. The van der Waals surface area contributed by atoms with Crippen LogP contribution in [0.1, 0.15) is 38.8 Å². The number of amides is 3. The number of rotatable bonds is 15. The Bertz CT molecular complexity index is 920. The summed E-state index contributed by atoms with van der Waals surface area (Å²) < 4.78 is 0. The first-order chi connectivity index (χ1) is 16.3. The molecule has 0 spiro atoms. The van der Waals surface area contributed by atoms with Crippen molar-refractivity contribution in [2.75, 3.05) is 0 Å². The van der Waals surface area contributed by atoms with E-state index in [1.54, 1.807) is 13.8 Å². The molecule has 0 aliphatic carbocycles. The van der Waals surface area contributed by atoms with Gasteiger partial charge in [-0.1, -0.05) is 20.3 Å². The number of nitrogens with one attached hydrogen (secondary N) is 4. The van der Waals surface area contributed by atoms with E-state index in [2.05, 4.69) is 25.9 Å². The number of aliphatic carboxylic acids is 3. The fraction of sp³-hybridized carbons (Fsp3) is 0.550. The number of carbonyl (C=O) groups excluding carboxylic acids is 3. The first-order valence-electron chi connectivity index (χ1n) is 10.7. The van der Waals surface area contributed by atoms with Crippen molar-refractivity contribution in [1.29, 1.82) is 0 Å². The van der Waals surface area contributed by atoms with Gasteiger partial charge in [-0.3, -0.25) is 24.0 Å². The van der Waals surface area contributed by atoms with Gasteiger partial charge in [0.2, 0.25) is 17.7 Å². The maximum absolute atomic E-state index is 12.7. The lowest BCUT2D eigenvalue weighted by Crippen LogP contribution is -2.58. The van der Waals surface area contributed by atoms with Crippen LogP contribution in [0.5, 0.6) is 0 Å². The summed E-state index contributed by atoms with van der Waals surface area (Å²) in [6, 6.07) is -5.96. The molecule has 5 unspecified atom stereocenters. The number of nitrogens with zero attached hydrogens (tertiary/aromatic N) is 1. The van der Waals surface area contributed by atoms with Crippen LogP contribution in [0.15, 0.2) is 12.5 Å². The van der Waals surface area contributed by atoms with Gasteiger partial charge in [-0.2, -0.15) is 0 Å². The van der Waals surface area contributed by atoms with E-state index in [-0.39, 0.29) is 6.42 Å². The monoisotopic (exact) mass is 498 g/mol. The number of hydrogen-bond acceptors (Lipinski definition) is 8. The van der Waals surface area contributed by atoms with Gasteiger partial charge in [0.05, 0.1) is 25.2 Å². The number of aromatic amines is 1. The van der Waals surface area contributed by atoms with Crippen LogP contribution in [0.25, 0.3) is 0 Å². The quantitative estimate of drug-likeness (QED) is 0.129. The molecule has 9 N–H and O–H groups in total. The first kappa shape index (κ1) is 29.0. The number of carbonyl (C=O) groups is 6. The fourth-order valence-electron chi connectivity index (χ4n) is 2.98. The lowest BCUT2D eigenvalue weighted by Gasteiger charge is -2.25. The molecule has 194 valence electrons. The summed E-state index contributed by atoms with van der Waals surface area (Å²) in [4.78, 5) is 78.2. The van der Waals surface area contributed by atoms with E-state index in [9.17, 15) is 33.9 Å². The summed E-state index contributed by atoms with van der Waals surface area (Å²) in [5, 5.41) is 34.1. The Labute approximate surface area is 199 Å². The van der Waals surface area contributed by atoms with Gasteiger partial charge in [-0.05, 0) is 5.92 Å². The van der Waals surface area contributed by atoms with Gasteiger partial charge in [0, 0.05) is 18.3 Å². The van der Waals surface area contributed by atoms with Crippen LogP contribution in [-0.2, 0) is 35.2 Å². The molecule has 35 heavy (non-hydrogen) atoms. The molecule has 0 radical (unpaired) electrons. The number of imidazole rings is 1. The molecule has 1 aromatic heterocycles. The summed E-state index contributed by atoms with van der Waals surface area (Å²) in [5.41, 5.74) is 6.30. The van der Waals surface area contributed by atoms with Crippen molar-refractivity contribution in [2.24, 2.45) is 11.7 Å². The number of carboxylic acid groups (broad SMARTS) is 3. The van der Waals surface area contributed by atoms with Crippen LogP contribution < -0.4 is 21.7 Å². The number of hydrogen-bond donors (Lipinski definition) is 8. The maximum Gasteiger partial charge on any atom is 0.326 e. The molecule has 3 amide bonds. The SMILES string of the molecule is CCC(C)C(NC(=O)C(CC(=O)O)NC(=O)C(CC(=O)O)NC(=O)C(N)Cc1cnc[nH]1)C(=O)O. The highest BCUT2D eigenvalue weighted by Gasteiger charge is 2.33. The molecule has 0 aliphatic heterocycles. The van der Waals surface area contributed by atoms with Crippen LogP contribution >= 0.6 is 0 Å². The molecule has 0 fully saturated rings. The van der Waals surface area contributed by atoms with Crippen molar-refractivity contribution in [3.63, 3.8) is 0 Å². The zero-order valence-electron chi connectivity index (χ0n) is 19.2. The molecule has 1 aromatic rings. The van der Waals surface area contributed by atoms with E-state index in [4.69, 9.17) is 15.9 Å². The minimum absolute atomic E-state index is 0.00345. The normalized spacial score (nSPS) is 15.1. The number of H-pyrrole nitrogens is 1. The van der Waals surface area contributed by atoms with Crippen LogP contribution in [0.2, 0.25) is 0 Å². The molecule has 1 heterocycles. The summed E-state index contributed by atoms with van der Waals surface area (Å²) >= 11 is 0. The second-order valence-corrected chi connectivity index (χ2v) is 7.92. The summed E-state index contributed by atoms with van der Waals surface area (Å²) in [6.45, 7) is 3.26. The Kier molecular flexibility index (Phi) is 11.3. The van der Waals surface area contributed by atoms with E-state index < -0.39 is 78.6 Å². The Balaban J connectivity index is 2.98. The van der Waals surface area contributed by atoms with Crippen molar-refractivity contribution < 1.29 is 44.1 Å². The molecule has 15 nitrogen and oxygen atoms in total. The average Bonchev–Trinajstić information content (AvgIpc) is 3.27. The van der Waals surface area contributed by atoms with Crippen molar-refractivity contribution in [2.45, 2.75) is 63.7 Å². The molecule has 0 saturated carbocycles. The molecule has 15 heteroatoms. The molecular formula is C20H30N6O9. The maximum atomic E-state index is 12.7.